The predicted octanol–water partition coefficient (Wildman–Crippen LogP) is 4.21. The largest absolute Gasteiger partial charge is 0.477 e. The van der Waals surface area contributed by atoms with Crippen molar-refractivity contribution in [3.05, 3.63) is 57.9 Å². The van der Waals surface area contributed by atoms with E-state index in [1.165, 1.54) is 11.3 Å². The minimum absolute atomic E-state index is 0.0676. The van der Waals surface area contributed by atoms with E-state index in [9.17, 15) is 4.79 Å². The van der Waals surface area contributed by atoms with Gasteiger partial charge in [-0.3, -0.25) is 4.79 Å². The number of nitrogens with zero attached hydrogens (tertiary/aromatic N) is 1. The topological polar surface area (TPSA) is 67.0 Å². The van der Waals surface area contributed by atoms with Crippen molar-refractivity contribution in [1.29, 1.82) is 0 Å². The van der Waals surface area contributed by atoms with Crippen molar-refractivity contribution in [2.75, 3.05) is 6.61 Å². The van der Waals surface area contributed by atoms with Crippen molar-refractivity contribution >= 4 is 28.4 Å². The summed E-state index contributed by atoms with van der Waals surface area (Å²) in [6.07, 6.45) is 4.21. The summed E-state index contributed by atoms with van der Waals surface area (Å²) in [5.41, 5.74) is 5.26. The van der Waals surface area contributed by atoms with Gasteiger partial charge in [0.15, 0.2) is 0 Å². The highest BCUT2D eigenvalue weighted by Gasteiger charge is 2.25. The number of amides is 1. The molecule has 2 aromatic heterocycles. The van der Waals surface area contributed by atoms with Crippen molar-refractivity contribution in [2.24, 2.45) is 0 Å². The summed E-state index contributed by atoms with van der Waals surface area (Å²) < 4.78 is 5.48. The maximum Gasteiger partial charge on any atom is 0.256 e. The summed E-state index contributed by atoms with van der Waals surface area (Å²) in [7, 11) is 0. The molecule has 2 N–H and O–H groups in total. The number of rotatable bonds is 4. The van der Waals surface area contributed by atoms with Gasteiger partial charge in [0.05, 0.1) is 6.61 Å². The molecule has 0 saturated carbocycles. The summed E-state index contributed by atoms with van der Waals surface area (Å²) >= 11 is 6.27. The van der Waals surface area contributed by atoms with Crippen molar-refractivity contribution in [1.82, 2.24) is 15.3 Å². The lowest BCUT2D eigenvalue weighted by molar-refractivity contribution is 0.0929. The number of hydrogen-bond acceptors (Lipinski definition) is 3. The van der Waals surface area contributed by atoms with Crippen LogP contribution in [0.1, 0.15) is 40.5 Å². The molecule has 5 nitrogen and oxygen atoms in total. The lowest BCUT2D eigenvalue weighted by atomic mass is 9.91. The number of fused-ring (bicyclic) bond motifs is 3. The number of hydrogen-bond donors (Lipinski definition) is 2. The summed E-state index contributed by atoms with van der Waals surface area (Å²) in [6, 6.07) is 7.55. The fraction of sp³-hybridized carbons (Fsp3) is 0.333. The number of carbonyl (C=O) groups excluding carboxylic acids is 1. The minimum atomic E-state index is -0.144. The fourth-order valence-corrected chi connectivity index (χ4v) is 4.12. The molecule has 0 aliphatic heterocycles. The number of ether oxygens (including phenoxy) is 1. The standard InChI is InChI=1S/C21H22ClN3O2/c1-3-27-21-15(5-4-8-23-21)20(26)24-14-6-7-18-16(11-14)17-10-13(22)9-12(2)19(17)25-18/h4-5,8-10,14,25H,3,6-7,11H2,1-2H3,(H,24,26). The Bertz CT molecular complexity index is 1010. The molecule has 2 heterocycles. The lowest BCUT2D eigenvalue weighted by Crippen LogP contribution is -2.39. The van der Waals surface area contributed by atoms with Crippen LogP contribution in [0.15, 0.2) is 30.5 Å². The molecule has 1 amide bonds. The van der Waals surface area contributed by atoms with Crippen LogP contribution in [0.2, 0.25) is 5.02 Å². The number of aromatic nitrogens is 2. The van der Waals surface area contributed by atoms with Crippen molar-refractivity contribution in [3.63, 3.8) is 0 Å². The Balaban J connectivity index is 1.58. The third-order valence-electron chi connectivity index (χ3n) is 5.09. The zero-order chi connectivity index (χ0) is 19.0. The molecule has 140 valence electrons. The van der Waals surface area contributed by atoms with Crippen LogP contribution in [0.3, 0.4) is 0 Å². The first-order chi connectivity index (χ1) is 13.1. The van der Waals surface area contributed by atoms with Crippen LogP contribution in [0.25, 0.3) is 10.9 Å². The highest BCUT2D eigenvalue weighted by molar-refractivity contribution is 6.31. The van der Waals surface area contributed by atoms with Gasteiger partial charge in [0.2, 0.25) is 5.88 Å². The van der Waals surface area contributed by atoms with Gasteiger partial charge in [-0.15, -0.1) is 0 Å². The number of aromatic amines is 1. The molecule has 0 bridgehead atoms. The molecule has 0 saturated heterocycles. The van der Waals surface area contributed by atoms with Crippen molar-refractivity contribution < 1.29 is 9.53 Å². The molecule has 6 heteroatoms. The first kappa shape index (κ1) is 17.9. The van der Waals surface area contributed by atoms with Crippen molar-refractivity contribution in [2.45, 2.75) is 39.2 Å². The van der Waals surface area contributed by atoms with E-state index in [0.29, 0.717) is 18.1 Å². The Hall–Kier alpha value is -2.53. The van der Waals surface area contributed by atoms with Gasteiger partial charge in [0, 0.05) is 33.9 Å². The molecule has 1 aliphatic rings. The number of nitrogens with one attached hydrogen (secondary N) is 2. The normalized spacial score (nSPS) is 16.2. The molecule has 1 aliphatic carbocycles. The highest BCUT2D eigenvalue weighted by Crippen LogP contribution is 2.33. The molecule has 1 atom stereocenters. The minimum Gasteiger partial charge on any atom is -0.477 e. The summed E-state index contributed by atoms with van der Waals surface area (Å²) in [5.74, 6) is 0.234. The van der Waals surface area contributed by atoms with Crippen LogP contribution in [-0.2, 0) is 12.8 Å². The summed E-state index contributed by atoms with van der Waals surface area (Å²) in [4.78, 5) is 20.5. The second-order valence-electron chi connectivity index (χ2n) is 6.93. The molecule has 4 rings (SSSR count). The molecule has 0 fully saturated rings. The Labute approximate surface area is 163 Å². The smallest absolute Gasteiger partial charge is 0.256 e. The van der Waals surface area contributed by atoms with Gasteiger partial charge in [-0.1, -0.05) is 11.6 Å². The molecule has 0 radical (unpaired) electrons. The summed E-state index contributed by atoms with van der Waals surface area (Å²) in [6.45, 7) is 4.41. The van der Waals surface area contributed by atoms with Gasteiger partial charge in [-0.2, -0.15) is 0 Å². The van der Waals surface area contributed by atoms with Gasteiger partial charge in [0.1, 0.15) is 5.56 Å². The van der Waals surface area contributed by atoms with E-state index in [1.807, 2.05) is 19.1 Å². The van der Waals surface area contributed by atoms with E-state index in [-0.39, 0.29) is 11.9 Å². The molecule has 1 unspecified atom stereocenters. The average molecular weight is 384 g/mol. The first-order valence-corrected chi connectivity index (χ1v) is 9.63. The van der Waals surface area contributed by atoms with Crippen LogP contribution in [0.5, 0.6) is 5.88 Å². The first-order valence-electron chi connectivity index (χ1n) is 9.25. The van der Waals surface area contributed by atoms with E-state index in [0.717, 1.165) is 40.8 Å². The van der Waals surface area contributed by atoms with E-state index in [4.69, 9.17) is 16.3 Å². The number of H-pyrrole nitrogens is 1. The van der Waals surface area contributed by atoms with E-state index < -0.39 is 0 Å². The van der Waals surface area contributed by atoms with Gasteiger partial charge in [-0.25, -0.2) is 4.98 Å². The molecule has 1 aromatic carbocycles. The molecule has 0 spiro atoms. The predicted molar refractivity (Wildman–Crippen MR) is 107 cm³/mol. The van der Waals surface area contributed by atoms with E-state index in [1.54, 1.807) is 18.3 Å². The Kier molecular flexibility index (Phi) is 4.79. The van der Waals surface area contributed by atoms with Gasteiger partial charge >= 0.3 is 0 Å². The number of pyridine rings is 1. The van der Waals surface area contributed by atoms with Crippen LogP contribution >= 0.6 is 11.6 Å². The van der Waals surface area contributed by atoms with Gasteiger partial charge < -0.3 is 15.0 Å². The third kappa shape index (κ3) is 3.39. The lowest BCUT2D eigenvalue weighted by Gasteiger charge is -2.24. The fourth-order valence-electron chi connectivity index (χ4n) is 3.85. The number of carbonyl (C=O) groups is 1. The third-order valence-corrected chi connectivity index (χ3v) is 5.31. The maximum atomic E-state index is 12.8. The second-order valence-corrected chi connectivity index (χ2v) is 7.37. The number of benzene rings is 1. The SMILES string of the molecule is CCOc1ncccc1C(=O)NC1CCc2[nH]c3c(C)cc(Cl)cc3c2C1. The van der Waals surface area contributed by atoms with Gasteiger partial charge in [-0.05, 0) is 68.5 Å². The molecule has 3 aromatic rings. The number of halogens is 1. The van der Waals surface area contributed by atoms with Gasteiger partial charge in [0.25, 0.3) is 5.91 Å². The maximum absolute atomic E-state index is 12.8. The molecular formula is C21H22ClN3O2. The van der Waals surface area contributed by atoms with E-state index >= 15 is 0 Å². The van der Waals surface area contributed by atoms with Crippen LogP contribution in [0, 0.1) is 6.92 Å². The zero-order valence-corrected chi connectivity index (χ0v) is 16.2. The Morgan fingerprint density at radius 1 is 1.44 bits per heavy atom. The number of aryl methyl sites for hydroxylation is 2. The highest BCUT2D eigenvalue weighted by atomic mass is 35.5. The van der Waals surface area contributed by atoms with E-state index in [2.05, 4.69) is 22.2 Å². The Morgan fingerprint density at radius 3 is 3.11 bits per heavy atom. The average Bonchev–Trinajstić information content (AvgIpc) is 3.01. The van der Waals surface area contributed by atoms with Crippen LogP contribution < -0.4 is 10.1 Å². The summed E-state index contributed by atoms with van der Waals surface area (Å²) in [5, 5.41) is 5.05. The zero-order valence-electron chi connectivity index (χ0n) is 15.4. The second kappa shape index (κ2) is 7.24. The molecule has 27 heavy (non-hydrogen) atoms. The monoisotopic (exact) mass is 383 g/mol. The molecular weight excluding hydrogens is 362 g/mol. The Morgan fingerprint density at radius 2 is 2.30 bits per heavy atom. The van der Waals surface area contributed by atoms with Crippen LogP contribution in [-0.4, -0.2) is 28.5 Å². The quantitative estimate of drug-likeness (QED) is 0.709. The van der Waals surface area contributed by atoms with Crippen LogP contribution in [0.4, 0.5) is 0 Å². The van der Waals surface area contributed by atoms with Crippen molar-refractivity contribution in [3.8, 4) is 5.88 Å².